The lowest BCUT2D eigenvalue weighted by Gasteiger charge is -2.30. The number of ketones is 1. The molecule has 0 fully saturated rings. The van der Waals surface area contributed by atoms with Crippen LogP contribution in [0, 0.1) is 0 Å². The van der Waals surface area contributed by atoms with Gasteiger partial charge in [0.15, 0.2) is 5.78 Å². The van der Waals surface area contributed by atoms with Crippen LogP contribution in [-0.2, 0) is 16.4 Å². The summed E-state index contributed by atoms with van der Waals surface area (Å²) in [4.78, 5) is 26.1. The number of fused-ring (bicyclic) bond motifs is 1. The maximum absolute atomic E-state index is 13.0. The number of carbonyl (C=O) groups is 2. The summed E-state index contributed by atoms with van der Waals surface area (Å²) in [5.41, 5.74) is 2.94. The van der Waals surface area contributed by atoms with Gasteiger partial charge in [-0.15, -0.1) is 0 Å². The lowest BCUT2D eigenvalue weighted by atomic mass is 9.99. The molecular weight excluding hydrogens is 460 g/mol. The van der Waals surface area contributed by atoms with Gasteiger partial charge in [-0.25, -0.2) is 8.42 Å². The average Bonchev–Trinajstić information content (AvgIpc) is 2.84. The molecule has 0 radical (unpaired) electrons. The highest BCUT2D eigenvalue weighted by Gasteiger charge is 2.27. The fourth-order valence-electron chi connectivity index (χ4n) is 3.90. The summed E-state index contributed by atoms with van der Waals surface area (Å²) in [5, 5.41) is 3.20. The number of sulfonamides is 1. The third-order valence-corrected chi connectivity index (χ3v) is 7.64. The molecule has 170 valence electrons. The van der Waals surface area contributed by atoms with Gasteiger partial charge in [-0.3, -0.25) is 13.9 Å². The molecule has 4 rings (SSSR count). The second kappa shape index (κ2) is 9.37. The number of halogens is 1. The van der Waals surface area contributed by atoms with Crippen LogP contribution in [0.15, 0.2) is 66.7 Å². The van der Waals surface area contributed by atoms with Crippen LogP contribution in [0.4, 0.5) is 11.4 Å². The summed E-state index contributed by atoms with van der Waals surface area (Å²) in [5.74, 6) is -0.624. The van der Waals surface area contributed by atoms with Crippen molar-refractivity contribution in [3.05, 3.63) is 94.0 Å². The van der Waals surface area contributed by atoms with Gasteiger partial charge in [0.05, 0.1) is 17.1 Å². The largest absolute Gasteiger partial charge is 0.321 e. The minimum atomic E-state index is -3.38. The average molecular weight is 483 g/mol. The van der Waals surface area contributed by atoms with Crippen LogP contribution in [0.25, 0.3) is 0 Å². The summed E-state index contributed by atoms with van der Waals surface area (Å²) in [6.07, 6.45) is 1.37. The van der Waals surface area contributed by atoms with Gasteiger partial charge in [-0.1, -0.05) is 41.9 Å². The molecule has 3 aromatic rings. The lowest BCUT2D eigenvalue weighted by Crippen LogP contribution is -2.36. The van der Waals surface area contributed by atoms with E-state index in [1.165, 1.54) is 10.4 Å². The number of aryl methyl sites for hydroxylation is 1. The number of hydrogen-bond donors (Lipinski definition) is 1. The quantitative estimate of drug-likeness (QED) is 0.505. The van der Waals surface area contributed by atoms with E-state index >= 15 is 0 Å². The van der Waals surface area contributed by atoms with E-state index in [4.69, 9.17) is 11.6 Å². The predicted molar refractivity (Wildman–Crippen MR) is 131 cm³/mol. The number of anilines is 2. The summed E-state index contributed by atoms with van der Waals surface area (Å²) in [7, 11) is -3.38. The zero-order valence-electron chi connectivity index (χ0n) is 18.0. The first-order chi connectivity index (χ1) is 15.8. The summed E-state index contributed by atoms with van der Waals surface area (Å²) < 4.78 is 26.3. The minimum absolute atomic E-state index is 0.0173. The van der Waals surface area contributed by atoms with Crippen molar-refractivity contribution in [2.45, 2.75) is 19.8 Å². The van der Waals surface area contributed by atoms with Gasteiger partial charge < -0.3 is 5.32 Å². The smallest absolute Gasteiger partial charge is 0.255 e. The van der Waals surface area contributed by atoms with E-state index in [1.807, 2.05) is 6.07 Å². The molecular formula is C25H23ClN2O4S. The summed E-state index contributed by atoms with van der Waals surface area (Å²) in [6.45, 7) is 2.05. The van der Waals surface area contributed by atoms with Crippen molar-refractivity contribution in [2.75, 3.05) is 21.9 Å². The SMILES string of the molecule is CCS(=O)(=O)N1CCCc2cc(C(=O)Nc3ccc(Cl)cc3C(=O)c3ccccc3)ccc21. The normalized spacial score (nSPS) is 13.3. The van der Waals surface area contributed by atoms with Gasteiger partial charge in [-0.05, 0) is 61.7 Å². The molecule has 1 amide bonds. The Labute approximate surface area is 198 Å². The minimum Gasteiger partial charge on any atom is -0.321 e. The van der Waals surface area contributed by atoms with Gasteiger partial charge in [0.2, 0.25) is 10.0 Å². The Bertz CT molecular complexity index is 1320. The van der Waals surface area contributed by atoms with Crippen LogP contribution in [0.3, 0.4) is 0 Å². The van der Waals surface area contributed by atoms with Gasteiger partial charge in [0.1, 0.15) is 0 Å². The number of rotatable bonds is 6. The van der Waals surface area contributed by atoms with Crippen molar-refractivity contribution in [3.8, 4) is 0 Å². The van der Waals surface area contributed by atoms with Crippen LogP contribution in [0.5, 0.6) is 0 Å². The molecule has 0 atom stereocenters. The molecule has 1 heterocycles. The third-order valence-electron chi connectivity index (χ3n) is 5.63. The Hall–Kier alpha value is -3.16. The monoisotopic (exact) mass is 482 g/mol. The predicted octanol–water partition coefficient (Wildman–Crippen LogP) is 4.93. The summed E-state index contributed by atoms with van der Waals surface area (Å²) in [6, 6.07) is 18.5. The van der Waals surface area contributed by atoms with Gasteiger partial charge >= 0.3 is 0 Å². The van der Waals surface area contributed by atoms with E-state index < -0.39 is 15.9 Å². The van der Waals surface area contributed by atoms with Crippen molar-refractivity contribution >= 4 is 44.7 Å². The molecule has 6 nitrogen and oxygen atoms in total. The molecule has 1 aliphatic rings. The van der Waals surface area contributed by atoms with E-state index in [0.29, 0.717) is 52.5 Å². The Morgan fingerprint density at radius 1 is 1.00 bits per heavy atom. The molecule has 1 N–H and O–H groups in total. The Balaban J connectivity index is 1.63. The molecule has 3 aromatic carbocycles. The number of nitrogens with one attached hydrogen (secondary N) is 1. The van der Waals surface area contributed by atoms with Crippen molar-refractivity contribution in [1.29, 1.82) is 0 Å². The first-order valence-corrected chi connectivity index (χ1v) is 12.6. The van der Waals surface area contributed by atoms with E-state index in [0.717, 1.165) is 5.56 Å². The lowest BCUT2D eigenvalue weighted by molar-refractivity contribution is 0.102. The highest BCUT2D eigenvalue weighted by Crippen LogP contribution is 2.31. The van der Waals surface area contributed by atoms with Crippen molar-refractivity contribution in [3.63, 3.8) is 0 Å². The van der Waals surface area contributed by atoms with Crippen molar-refractivity contribution in [2.24, 2.45) is 0 Å². The summed E-state index contributed by atoms with van der Waals surface area (Å²) >= 11 is 6.13. The Kier molecular flexibility index (Phi) is 6.54. The molecule has 33 heavy (non-hydrogen) atoms. The molecule has 0 aromatic heterocycles. The molecule has 0 spiro atoms. The maximum Gasteiger partial charge on any atom is 0.255 e. The number of hydrogen-bond acceptors (Lipinski definition) is 4. The molecule has 0 saturated heterocycles. The van der Waals surface area contributed by atoms with Gasteiger partial charge in [-0.2, -0.15) is 0 Å². The van der Waals surface area contributed by atoms with E-state index in [1.54, 1.807) is 61.5 Å². The van der Waals surface area contributed by atoms with Gasteiger partial charge in [0.25, 0.3) is 5.91 Å². The highest BCUT2D eigenvalue weighted by molar-refractivity contribution is 7.92. The number of carbonyl (C=O) groups excluding carboxylic acids is 2. The molecule has 1 aliphatic heterocycles. The first kappa shape index (κ1) is 23.0. The number of amides is 1. The Morgan fingerprint density at radius 3 is 2.48 bits per heavy atom. The zero-order chi connectivity index (χ0) is 23.6. The number of benzene rings is 3. The van der Waals surface area contributed by atoms with Crippen LogP contribution >= 0.6 is 11.6 Å². The second-order valence-electron chi connectivity index (χ2n) is 7.76. The maximum atomic E-state index is 13.0. The van der Waals surface area contributed by atoms with E-state index in [2.05, 4.69) is 5.32 Å². The van der Waals surface area contributed by atoms with Crippen molar-refractivity contribution < 1.29 is 18.0 Å². The standard InChI is InChI=1S/C25H23ClN2O4S/c1-2-33(31,32)28-14-6-9-18-15-19(10-13-23(18)28)25(30)27-22-12-11-20(26)16-21(22)24(29)17-7-4-3-5-8-17/h3-5,7-8,10-13,15-16H,2,6,9,14H2,1H3,(H,27,30). The molecule has 0 unspecified atom stereocenters. The van der Waals surface area contributed by atoms with Crippen LogP contribution in [-0.4, -0.2) is 32.4 Å². The Morgan fingerprint density at radius 2 is 1.76 bits per heavy atom. The van der Waals surface area contributed by atoms with Crippen LogP contribution < -0.4 is 9.62 Å². The topological polar surface area (TPSA) is 83.6 Å². The molecule has 0 bridgehead atoms. The number of nitrogens with zero attached hydrogens (tertiary/aromatic N) is 1. The third kappa shape index (κ3) is 4.79. The van der Waals surface area contributed by atoms with Crippen LogP contribution in [0.2, 0.25) is 5.02 Å². The molecule has 0 aliphatic carbocycles. The zero-order valence-corrected chi connectivity index (χ0v) is 19.6. The highest BCUT2D eigenvalue weighted by atomic mass is 35.5. The molecule has 0 saturated carbocycles. The fourth-order valence-corrected chi connectivity index (χ4v) is 5.27. The van der Waals surface area contributed by atoms with Crippen LogP contribution in [0.1, 0.15) is 45.2 Å². The fraction of sp³-hybridized carbons (Fsp3) is 0.200. The van der Waals surface area contributed by atoms with Crippen molar-refractivity contribution in [1.82, 2.24) is 0 Å². The van der Waals surface area contributed by atoms with Gasteiger partial charge in [0, 0.05) is 28.3 Å². The first-order valence-electron chi connectivity index (χ1n) is 10.6. The molecule has 8 heteroatoms. The van der Waals surface area contributed by atoms with E-state index in [9.17, 15) is 18.0 Å². The van der Waals surface area contributed by atoms with E-state index in [-0.39, 0.29) is 11.5 Å². The second-order valence-corrected chi connectivity index (χ2v) is 10.4.